The van der Waals surface area contributed by atoms with E-state index in [4.69, 9.17) is 10.5 Å². The summed E-state index contributed by atoms with van der Waals surface area (Å²) in [5.41, 5.74) is 1.78. The number of thiophene rings is 2. The summed E-state index contributed by atoms with van der Waals surface area (Å²) in [6.07, 6.45) is 0. The lowest BCUT2D eigenvalue weighted by atomic mass is 10.1. The Bertz CT molecular complexity index is 826. The zero-order valence-corrected chi connectivity index (χ0v) is 12.0. The maximum Gasteiger partial charge on any atom is 0.110 e. The van der Waals surface area contributed by atoms with Crippen molar-refractivity contribution in [2.24, 2.45) is 0 Å². The number of nitrogens with zero attached hydrogens (tertiary/aromatic N) is 2. The Hall–Kier alpha value is -2.40. The van der Waals surface area contributed by atoms with E-state index in [0.29, 0.717) is 5.56 Å². The molecule has 0 aliphatic heterocycles. The predicted octanol–water partition coefficient (Wildman–Crippen LogP) is 4.89. The molecule has 4 heteroatoms. The standard InChI is InChI=1S/C16H8N2S2/c17-9-11-1-3-12(4-2-11)14-7-8-16(20-14)15-6-5-13(10-18)19-15/h1-8H. The molecular weight excluding hydrogens is 284 g/mol. The second-order valence-corrected chi connectivity index (χ2v) is 6.30. The van der Waals surface area contributed by atoms with Crippen LogP contribution in [0.4, 0.5) is 0 Å². The highest BCUT2D eigenvalue weighted by Gasteiger charge is 2.07. The quantitative estimate of drug-likeness (QED) is 0.675. The van der Waals surface area contributed by atoms with Gasteiger partial charge in [-0.1, -0.05) is 12.1 Å². The van der Waals surface area contributed by atoms with E-state index in [1.54, 1.807) is 11.3 Å². The lowest BCUT2D eigenvalue weighted by Crippen LogP contribution is -1.74. The van der Waals surface area contributed by atoms with Crippen LogP contribution in [0.1, 0.15) is 10.4 Å². The van der Waals surface area contributed by atoms with Gasteiger partial charge in [-0.15, -0.1) is 22.7 Å². The molecule has 0 unspecified atom stereocenters. The summed E-state index contributed by atoms with van der Waals surface area (Å²) in [5.74, 6) is 0. The molecule has 2 heterocycles. The summed E-state index contributed by atoms with van der Waals surface area (Å²) >= 11 is 3.20. The Morgan fingerprint density at radius 1 is 0.650 bits per heavy atom. The van der Waals surface area contributed by atoms with Gasteiger partial charge in [0.25, 0.3) is 0 Å². The summed E-state index contributed by atoms with van der Waals surface area (Å²) in [5, 5.41) is 17.7. The van der Waals surface area contributed by atoms with Crippen molar-refractivity contribution in [1.82, 2.24) is 0 Å². The third-order valence-electron chi connectivity index (χ3n) is 2.86. The molecule has 0 aliphatic carbocycles. The SMILES string of the molecule is N#Cc1ccc(-c2ccc(-c3ccc(C#N)s3)s2)cc1. The van der Waals surface area contributed by atoms with Crippen LogP contribution in [0.5, 0.6) is 0 Å². The fourth-order valence-corrected chi connectivity index (χ4v) is 3.77. The van der Waals surface area contributed by atoms with Gasteiger partial charge in [0.2, 0.25) is 0 Å². The number of rotatable bonds is 2. The zero-order chi connectivity index (χ0) is 13.9. The van der Waals surface area contributed by atoms with Crippen molar-refractivity contribution in [3.63, 3.8) is 0 Å². The Balaban J connectivity index is 1.93. The summed E-state index contributed by atoms with van der Waals surface area (Å²) in [4.78, 5) is 4.17. The van der Waals surface area contributed by atoms with Gasteiger partial charge in [0, 0.05) is 14.6 Å². The summed E-state index contributed by atoms with van der Waals surface area (Å²) in [7, 11) is 0. The molecule has 0 N–H and O–H groups in total. The highest BCUT2D eigenvalue weighted by Crippen LogP contribution is 2.37. The van der Waals surface area contributed by atoms with Gasteiger partial charge in [-0.05, 0) is 42.0 Å². The van der Waals surface area contributed by atoms with Gasteiger partial charge < -0.3 is 0 Å². The normalized spacial score (nSPS) is 9.90. The Kier molecular flexibility index (Phi) is 3.35. The maximum absolute atomic E-state index is 8.87. The maximum atomic E-state index is 8.87. The van der Waals surface area contributed by atoms with Crippen molar-refractivity contribution < 1.29 is 0 Å². The third kappa shape index (κ3) is 2.35. The molecule has 2 nitrogen and oxygen atoms in total. The van der Waals surface area contributed by atoms with E-state index >= 15 is 0 Å². The van der Waals surface area contributed by atoms with Crippen LogP contribution in [-0.4, -0.2) is 0 Å². The van der Waals surface area contributed by atoms with E-state index in [1.807, 2.05) is 36.4 Å². The second kappa shape index (κ2) is 5.30. The van der Waals surface area contributed by atoms with Gasteiger partial charge in [-0.25, -0.2) is 0 Å². The second-order valence-electron chi connectivity index (χ2n) is 4.13. The van der Waals surface area contributed by atoms with E-state index in [9.17, 15) is 0 Å². The molecule has 3 aromatic rings. The first kappa shape index (κ1) is 12.6. The van der Waals surface area contributed by atoms with Gasteiger partial charge >= 0.3 is 0 Å². The van der Waals surface area contributed by atoms with Crippen molar-refractivity contribution in [2.75, 3.05) is 0 Å². The molecule has 0 bridgehead atoms. The van der Waals surface area contributed by atoms with E-state index in [2.05, 4.69) is 24.3 Å². The first-order valence-electron chi connectivity index (χ1n) is 5.91. The molecular formula is C16H8N2S2. The first-order valence-corrected chi connectivity index (χ1v) is 7.54. The molecule has 1 aromatic carbocycles. The van der Waals surface area contributed by atoms with Gasteiger partial charge in [-0.3, -0.25) is 0 Å². The van der Waals surface area contributed by atoms with Gasteiger partial charge in [0.15, 0.2) is 0 Å². The minimum Gasteiger partial charge on any atom is -0.192 e. The Morgan fingerprint density at radius 2 is 1.30 bits per heavy atom. The smallest absolute Gasteiger partial charge is 0.110 e. The number of hydrogen-bond acceptors (Lipinski definition) is 4. The minimum atomic E-state index is 0.669. The fraction of sp³-hybridized carbons (Fsp3) is 0. The van der Waals surface area contributed by atoms with Gasteiger partial charge in [0.1, 0.15) is 10.9 Å². The molecule has 0 spiro atoms. The molecule has 0 atom stereocenters. The van der Waals surface area contributed by atoms with Crippen molar-refractivity contribution in [3.8, 4) is 32.3 Å². The van der Waals surface area contributed by atoms with Crippen LogP contribution in [0.2, 0.25) is 0 Å². The van der Waals surface area contributed by atoms with Crippen LogP contribution in [0.3, 0.4) is 0 Å². The largest absolute Gasteiger partial charge is 0.192 e. The zero-order valence-electron chi connectivity index (χ0n) is 10.3. The molecule has 0 amide bonds. The molecule has 3 rings (SSSR count). The van der Waals surface area contributed by atoms with E-state index in [-0.39, 0.29) is 0 Å². The van der Waals surface area contributed by atoms with Crippen LogP contribution in [0, 0.1) is 22.7 Å². The van der Waals surface area contributed by atoms with Crippen molar-refractivity contribution in [3.05, 3.63) is 59.0 Å². The van der Waals surface area contributed by atoms with Crippen LogP contribution in [-0.2, 0) is 0 Å². The van der Waals surface area contributed by atoms with Crippen molar-refractivity contribution >= 4 is 22.7 Å². The molecule has 2 aromatic heterocycles. The summed E-state index contributed by atoms with van der Waals surface area (Å²) in [6.45, 7) is 0. The molecule has 0 radical (unpaired) electrons. The minimum absolute atomic E-state index is 0.669. The first-order chi connectivity index (χ1) is 9.80. The van der Waals surface area contributed by atoms with Crippen LogP contribution in [0.15, 0.2) is 48.5 Å². The van der Waals surface area contributed by atoms with E-state index in [1.165, 1.54) is 11.3 Å². The lowest BCUT2D eigenvalue weighted by Gasteiger charge is -1.96. The van der Waals surface area contributed by atoms with Crippen molar-refractivity contribution in [2.45, 2.75) is 0 Å². The summed E-state index contributed by atoms with van der Waals surface area (Å²) in [6, 6.07) is 19.8. The lowest BCUT2D eigenvalue weighted by molar-refractivity contribution is 1.49. The number of nitriles is 2. The van der Waals surface area contributed by atoms with Crippen LogP contribution in [0.25, 0.3) is 20.2 Å². The number of benzene rings is 1. The third-order valence-corrected chi connectivity index (χ3v) is 5.18. The monoisotopic (exact) mass is 292 g/mol. The van der Waals surface area contributed by atoms with Crippen molar-refractivity contribution in [1.29, 1.82) is 10.5 Å². The molecule has 20 heavy (non-hydrogen) atoms. The van der Waals surface area contributed by atoms with Gasteiger partial charge in [-0.2, -0.15) is 10.5 Å². The predicted molar refractivity (Wildman–Crippen MR) is 82.5 cm³/mol. The fourth-order valence-electron chi connectivity index (χ4n) is 1.86. The molecule has 0 saturated carbocycles. The molecule has 0 fully saturated rings. The topological polar surface area (TPSA) is 47.6 Å². The Labute approximate surface area is 124 Å². The van der Waals surface area contributed by atoms with E-state index in [0.717, 1.165) is 25.1 Å². The molecule has 94 valence electrons. The van der Waals surface area contributed by atoms with Crippen LogP contribution >= 0.6 is 22.7 Å². The highest BCUT2D eigenvalue weighted by molar-refractivity contribution is 7.24. The average Bonchev–Trinajstić information content (AvgIpc) is 3.16. The highest BCUT2D eigenvalue weighted by atomic mass is 32.1. The average molecular weight is 292 g/mol. The number of hydrogen-bond donors (Lipinski definition) is 0. The summed E-state index contributed by atoms with van der Waals surface area (Å²) < 4.78 is 0. The molecule has 0 saturated heterocycles. The molecule has 0 aliphatic rings. The van der Waals surface area contributed by atoms with Crippen LogP contribution < -0.4 is 0 Å². The van der Waals surface area contributed by atoms with E-state index < -0.39 is 0 Å². The Morgan fingerprint density at radius 3 is 1.95 bits per heavy atom. The van der Waals surface area contributed by atoms with Gasteiger partial charge in [0.05, 0.1) is 11.6 Å².